The van der Waals surface area contributed by atoms with Crippen LogP contribution in [0.3, 0.4) is 0 Å². The predicted octanol–water partition coefficient (Wildman–Crippen LogP) is 5.63. The second-order valence-corrected chi connectivity index (χ2v) is 7.61. The van der Waals surface area contributed by atoms with Gasteiger partial charge in [0.15, 0.2) is 0 Å². The fourth-order valence-electron chi connectivity index (χ4n) is 2.53. The molecule has 150 valence electrons. The Hall–Kier alpha value is -2.93. The number of aromatic nitrogens is 3. The highest BCUT2D eigenvalue weighted by atomic mass is 32.2. The van der Waals surface area contributed by atoms with Crippen LogP contribution in [0.5, 0.6) is 0 Å². The molecule has 1 unspecified atom stereocenters. The number of nitriles is 1. The molecule has 0 saturated heterocycles. The number of alkyl halides is 3. The van der Waals surface area contributed by atoms with Gasteiger partial charge < -0.3 is 4.52 Å². The summed E-state index contributed by atoms with van der Waals surface area (Å²) in [5.74, 6) is -0.148. The highest BCUT2D eigenvalue weighted by molar-refractivity contribution is 7.99. The van der Waals surface area contributed by atoms with Crippen LogP contribution in [-0.4, -0.2) is 15.1 Å². The molecule has 2 heterocycles. The van der Waals surface area contributed by atoms with Crippen molar-refractivity contribution in [2.45, 2.75) is 37.2 Å². The summed E-state index contributed by atoms with van der Waals surface area (Å²) in [5, 5.41) is 12.4. The van der Waals surface area contributed by atoms with E-state index in [1.165, 1.54) is 13.0 Å². The third kappa shape index (κ3) is 4.40. The molecule has 10 heteroatoms. The molecule has 3 rings (SSSR count). The van der Waals surface area contributed by atoms with Gasteiger partial charge >= 0.3 is 6.18 Å². The van der Waals surface area contributed by atoms with E-state index < -0.39 is 28.4 Å². The maximum Gasteiger partial charge on any atom is 0.417 e. The van der Waals surface area contributed by atoms with Gasteiger partial charge in [0.25, 0.3) is 0 Å². The molecular weight excluding hydrogens is 408 g/mol. The molecule has 0 aliphatic heterocycles. The van der Waals surface area contributed by atoms with Gasteiger partial charge in [-0.1, -0.05) is 29.1 Å². The van der Waals surface area contributed by atoms with Gasteiger partial charge in [-0.05, 0) is 38.5 Å². The number of hydrogen-bond donors (Lipinski definition) is 0. The summed E-state index contributed by atoms with van der Waals surface area (Å²) in [5.41, 5.74) is -0.585. The summed E-state index contributed by atoms with van der Waals surface area (Å²) < 4.78 is 58.7. The quantitative estimate of drug-likeness (QED) is 0.401. The zero-order chi connectivity index (χ0) is 21.3. The number of pyridine rings is 1. The van der Waals surface area contributed by atoms with E-state index in [0.717, 1.165) is 17.8 Å². The van der Waals surface area contributed by atoms with E-state index >= 15 is 0 Å². The van der Waals surface area contributed by atoms with E-state index in [4.69, 9.17) is 4.52 Å². The molecule has 0 bridgehead atoms. The van der Waals surface area contributed by atoms with Crippen LogP contribution in [0.4, 0.5) is 17.6 Å². The summed E-state index contributed by atoms with van der Waals surface area (Å²) >= 11 is 0.903. The topological polar surface area (TPSA) is 75.6 Å². The zero-order valence-electron chi connectivity index (χ0n) is 15.5. The molecule has 0 N–H and O–H groups in total. The van der Waals surface area contributed by atoms with E-state index in [-0.39, 0.29) is 22.4 Å². The first-order valence-electron chi connectivity index (χ1n) is 8.36. The first-order valence-corrected chi connectivity index (χ1v) is 9.24. The van der Waals surface area contributed by atoms with E-state index in [1.54, 1.807) is 32.0 Å². The third-order valence-electron chi connectivity index (χ3n) is 4.04. The standard InChI is InChI=1S/C19H14F4N4OS/c1-9-4-5-12(7-15(9)20)16-26-17(28-27-16)11(3)29-18-13(8-24)14(19(21,22)23)6-10(2)25-18/h4-7,11H,1-3H3. The average Bonchev–Trinajstić information content (AvgIpc) is 3.13. The number of hydrogen-bond acceptors (Lipinski definition) is 6. The van der Waals surface area contributed by atoms with Gasteiger partial charge in [-0.15, -0.1) is 0 Å². The smallest absolute Gasteiger partial charge is 0.338 e. The molecule has 0 aliphatic carbocycles. The van der Waals surface area contributed by atoms with Gasteiger partial charge in [-0.2, -0.15) is 23.4 Å². The molecule has 1 atom stereocenters. The number of nitrogens with zero attached hydrogens (tertiary/aromatic N) is 4. The molecular formula is C19H14F4N4OS. The van der Waals surface area contributed by atoms with Crippen LogP contribution in [0.15, 0.2) is 33.8 Å². The lowest BCUT2D eigenvalue weighted by atomic mass is 10.1. The Morgan fingerprint density at radius 1 is 1.17 bits per heavy atom. The lowest BCUT2D eigenvalue weighted by Crippen LogP contribution is -2.11. The average molecular weight is 422 g/mol. The van der Waals surface area contributed by atoms with Crippen molar-refractivity contribution in [1.29, 1.82) is 5.26 Å². The minimum absolute atomic E-state index is 0.0755. The summed E-state index contributed by atoms with van der Waals surface area (Å²) in [6, 6.07) is 6.91. The van der Waals surface area contributed by atoms with Gasteiger partial charge in [0.2, 0.25) is 11.7 Å². The molecule has 29 heavy (non-hydrogen) atoms. The van der Waals surface area contributed by atoms with Gasteiger partial charge in [0, 0.05) is 11.3 Å². The van der Waals surface area contributed by atoms with Crippen molar-refractivity contribution in [3.63, 3.8) is 0 Å². The molecule has 0 spiro atoms. The van der Waals surface area contributed by atoms with Crippen LogP contribution in [-0.2, 0) is 6.18 Å². The van der Waals surface area contributed by atoms with Crippen molar-refractivity contribution in [3.05, 3.63) is 58.4 Å². The maximum atomic E-state index is 13.8. The fraction of sp³-hybridized carbons (Fsp3) is 0.263. The molecule has 0 fully saturated rings. The number of benzene rings is 1. The van der Waals surface area contributed by atoms with Crippen LogP contribution in [0.2, 0.25) is 0 Å². The molecule has 5 nitrogen and oxygen atoms in total. The minimum Gasteiger partial charge on any atom is -0.338 e. The summed E-state index contributed by atoms with van der Waals surface area (Å²) in [7, 11) is 0. The summed E-state index contributed by atoms with van der Waals surface area (Å²) in [6.07, 6.45) is -4.68. The highest BCUT2D eigenvalue weighted by Gasteiger charge is 2.36. The molecule has 3 aromatic rings. The van der Waals surface area contributed by atoms with Crippen molar-refractivity contribution in [3.8, 4) is 17.5 Å². The summed E-state index contributed by atoms with van der Waals surface area (Å²) in [4.78, 5) is 8.27. The Labute approximate surface area is 167 Å². The Balaban J connectivity index is 1.91. The minimum atomic E-state index is -4.68. The van der Waals surface area contributed by atoms with Gasteiger partial charge in [-0.3, -0.25) is 0 Å². The Morgan fingerprint density at radius 3 is 2.52 bits per heavy atom. The van der Waals surface area contributed by atoms with Gasteiger partial charge in [0.1, 0.15) is 16.9 Å². The molecule has 0 radical (unpaired) electrons. The normalized spacial score (nSPS) is 12.6. The third-order valence-corrected chi connectivity index (χ3v) is 5.11. The molecule has 0 aliphatic rings. The lowest BCUT2D eigenvalue weighted by molar-refractivity contribution is -0.138. The zero-order valence-corrected chi connectivity index (χ0v) is 16.3. The highest BCUT2D eigenvalue weighted by Crippen LogP contribution is 2.40. The van der Waals surface area contributed by atoms with Crippen molar-refractivity contribution >= 4 is 11.8 Å². The number of halogens is 4. The van der Waals surface area contributed by atoms with Crippen LogP contribution in [0.1, 0.15) is 40.4 Å². The van der Waals surface area contributed by atoms with E-state index in [9.17, 15) is 22.8 Å². The molecule has 1 aromatic carbocycles. The molecule has 2 aromatic heterocycles. The molecule has 0 amide bonds. The summed E-state index contributed by atoms with van der Waals surface area (Å²) in [6.45, 7) is 4.67. The second-order valence-electron chi connectivity index (χ2n) is 6.28. The largest absolute Gasteiger partial charge is 0.417 e. The Kier molecular flexibility index (Phi) is 5.61. The SMILES string of the molecule is Cc1cc(C(F)(F)F)c(C#N)c(SC(C)c2nc(-c3ccc(C)c(F)c3)no2)n1. The van der Waals surface area contributed by atoms with Crippen molar-refractivity contribution < 1.29 is 22.1 Å². The van der Waals surface area contributed by atoms with E-state index in [1.807, 2.05) is 0 Å². The van der Waals surface area contributed by atoms with E-state index in [2.05, 4.69) is 15.1 Å². The lowest BCUT2D eigenvalue weighted by Gasteiger charge is -2.14. The van der Waals surface area contributed by atoms with Gasteiger partial charge in [0.05, 0.1) is 16.4 Å². The fourth-order valence-corrected chi connectivity index (χ4v) is 3.53. The monoisotopic (exact) mass is 422 g/mol. The number of thioether (sulfide) groups is 1. The first kappa shape index (κ1) is 20.8. The van der Waals surface area contributed by atoms with Crippen molar-refractivity contribution in [2.24, 2.45) is 0 Å². The van der Waals surface area contributed by atoms with Crippen molar-refractivity contribution in [2.75, 3.05) is 0 Å². The van der Waals surface area contributed by atoms with Crippen LogP contribution in [0, 0.1) is 31.0 Å². The maximum absolute atomic E-state index is 13.8. The van der Waals surface area contributed by atoms with E-state index in [0.29, 0.717) is 11.1 Å². The second kappa shape index (κ2) is 7.83. The Morgan fingerprint density at radius 2 is 1.90 bits per heavy atom. The number of rotatable bonds is 4. The van der Waals surface area contributed by atoms with Crippen molar-refractivity contribution in [1.82, 2.24) is 15.1 Å². The predicted molar refractivity (Wildman–Crippen MR) is 97.4 cm³/mol. The van der Waals surface area contributed by atoms with Gasteiger partial charge in [-0.25, -0.2) is 9.37 Å². The molecule has 0 saturated carbocycles. The Bertz CT molecular complexity index is 1100. The number of aryl methyl sites for hydroxylation is 2. The first-order chi connectivity index (χ1) is 13.6. The van der Waals surface area contributed by atoms with Crippen LogP contribution in [0.25, 0.3) is 11.4 Å². The van der Waals surface area contributed by atoms with Crippen LogP contribution < -0.4 is 0 Å². The van der Waals surface area contributed by atoms with Crippen LogP contribution >= 0.6 is 11.8 Å².